The van der Waals surface area contributed by atoms with Crippen LogP contribution in [0.3, 0.4) is 0 Å². The fourth-order valence-corrected chi connectivity index (χ4v) is 4.81. The van der Waals surface area contributed by atoms with Gasteiger partial charge < -0.3 is 15.2 Å². The second kappa shape index (κ2) is 11.0. The number of aliphatic hydroxyl groups is 1. The molecule has 0 fully saturated rings. The van der Waals surface area contributed by atoms with Crippen molar-refractivity contribution in [1.29, 1.82) is 0 Å². The molecule has 190 valence electrons. The quantitative estimate of drug-likeness (QED) is 0.225. The molecule has 0 spiro atoms. The number of sulfonamides is 1. The van der Waals surface area contributed by atoms with Gasteiger partial charge in [0.2, 0.25) is 0 Å². The molecule has 4 rings (SSSR count). The first-order valence-corrected chi connectivity index (χ1v) is 12.8. The van der Waals surface area contributed by atoms with Crippen LogP contribution in [0.5, 0.6) is 5.75 Å². The Kier molecular flexibility index (Phi) is 7.82. The summed E-state index contributed by atoms with van der Waals surface area (Å²) in [5.41, 5.74) is 2.53. The van der Waals surface area contributed by atoms with E-state index in [1.165, 1.54) is 12.1 Å². The Bertz CT molecular complexity index is 1440. The topological polar surface area (TPSA) is 116 Å². The smallest absolute Gasteiger partial charge is 0.262 e. The molecule has 3 aromatic carbocycles. The van der Waals surface area contributed by atoms with Crippen LogP contribution >= 0.6 is 0 Å². The number of aromatic nitrogens is 2. The molecule has 1 atom stereocenters. The summed E-state index contributed by atoms with van der Waals surface area (Å²) < 4.78 is 59.9. The molecule has 4 aromatic rings. The Morgan fingerprint density at radius 3 is 2.61 bits per heavy atom. The number of aliphatic hydroxyl groups excluding tert-OH is 1. The summed E-state index contributed by atoms with van der Waals surface area (Å²) in [4.78, 5) is -0.537. The molecule has 4 N–H and O–H groups in total. The molecule has 8 nitrogen and oxygen atoms in total. The maximum Gasteiger partial charge on any atom is 0.262 e. The number of halogens is 2. The summed E-state index contributed by atoms with van der Waals surface area (Å²) >= 11 is 0. The van der Waals surface area contributed by atoms with E-state index in [-0.39, 0.29) is 12.2 Å². The molecule has 1 heterocycles. The number of hydrogen-bond donors (Lipinski definition) is 4. The highest BCUT2D eigenvalue weighted by molar-refractivity contribution is 7.92. The van der Waals surface area contributed by atoms with Crippen LogP contribution in [0.2, 0.25) is 0 Å². The van der Waals surface area contributed by atoms with Crippen LogP contribution in [0.1, 0.15) is 24.3 Å². The van der Waals surface area contributed by atoms with Crippen molar-refractivity contribution < 1.29 is 27.0 Å². The van der Waals surface area contributed by atoms with E-state index in [4.69, 9.17) is 4.74 Å². The summed E-state index contributed by atoms with van der Waals surface area (Å²) in [7, 11) is -4.22. The summed E-state index contributed by atoms with van der Waals surface area (Å²) in [6, 6.07) is 13.9. The summed E-state index contributed by atoms with van der Waals surface area (Å²) in [6.45, 7) is 3.09. The van der Waals surface area contributed by atoms with Gasteiger partial charge in [0.15, 0.2) is 0 Å². The number of aromatic amines is 1. The second-order valence-corrected chi connectivity index (χ2v) is 9.82. The average molecular weight is 517 g/mol. The highest BCUT2D eigenvalue weighted by Crippen LogP contribution is 2.23. The Morgan fingerprint density at radius 2 is 1.86 bits per heavy atom. The van der Waals surface area contributed by atoms with Crippen LogP contribution in [-0.2, 0) is 16.4 Å². The van der Waals surface area contributed by atoms with Gasteiger partial charge in [-0.3, -0.25) is 9.82 Å². The third kappa shape index (κ3) is 6.17. The lowest BCUT2D eigenvalue weighted by molar-refractivity contribution is 0.172. The number of ether oxygens (including phenoxy) is 1. The lowest BCUT2D eigenvalue weighted by atomic mass is 10.1. The first kappa shape index (κ1) is 25.5. The van der Waals surface area contributed by atoms with Gasteiger partial charge in [-0.1, -0.05) is 19.1 Å². The number of H-pyrrole nitrogens is 1. The number of aryl methyl sites for hydroxylation is 1. The van der Waals surface area contributed by atoms with Crippen LogP contribution in [0, 0.1) is 11.6 Å². The predicted octanol–water partition coefficient (Wildman–Crippen LogP) is 3.91. The van der Waals surface area contributed by atoms with Crippen LogP contribution in [0.4, 0.5) is 14.5 Å². The number of nitrogens with zero attached hydrogens (tertiary/aromatic N) is 1. The Labute approximate surface area is 207 Å². The monoisotopic (exact) mass is 516 g/mol. The second-order valence-electron chi connectivity index (χ2n) is 8.14. The van der Waals surface area contributed by atoms with Crippen molar-refractivity contribution in [2.45, 2.75) is 24.3 Å². The largest absolute Gasteiger partial charge is 0.492 e. The molecule has 0 amide bonds. The molecule has 0 radical (unpaired) electrons. The average Bonchev–Trinajstić information content (AvgIpc) is 3.25. The first-order valence-electron chi connectivity index (χ1n) is 11.3. The molecule has 0 bridgehead atoms. The summed E-state index contributed by atoms with van der Waals surface area (Å²) in [5, 5.41) is 21.9. The van der Waals surface area contributed by atoms with Crippen molar-refractivity contribution in [3.05, 3.63) is 83.6 Å². The molecule has 0 saturated heterocycles. The van der Waals surface area contributed by atoms with Gasteiger partial charge in [-0.2, -0.15) is 5.10 Å². The van der Waals surface area contributed by atoms with E-state index in [0.29, 0.717) is 30.5 Å². The summed E-state index contributed by atoms with van der Waals surface area (Å²) in [5.74, 6) is -1.29. The lowest BCUT2D eigenvalue weighted by Crippen LogP contribution is -2.26. The minimum Gasteiger partial charge on any atom is -0.492 e. The third-order valence-corrected chi connectivity index (χ3v) is 6.86. The Hall–Kier alpha value is -3.54. The van der Waals surface area contributed by atoms with E-state index in [9.17, 15) is 22.3 Å². The van der Waals surface area contributed by atoms with Gasteiger partial charge in [0.1, 0.15) is 24.0 Å². The third-order valence-electron chi connectivity index (χ3n) is 5.50. The number of fused-ring (bicyclic) bond motifs is 1. The van der Waals surface area contributed by atoms with Crippen molar-refractivity contribution in [1.82, 2.24) is 15.5 Å². The SMILES string of the molecule is CCc1n[nH]c2cc(OCCNC[C@H](O)c3cccc(NS(=O)(=O)c4cc(F)cc(F)c4)c3)ccc12. The van der Waals surface area contributed by atoms with Gasteiger partial charge in [-0.15, -0.1) is 0 Å². The number of benzene rings is 3. The first-order chi connectivity index (χ1) is 17.2. The maximum absolute atomic E-state index is 13.4. The minimum absolute atomic E-state index is 0.153. The Balaban J connectivity index is 1.28. The zero-order chi connectivity index (χ0) is 25.7. The van der Waals surface area contributed by atoms with Gasteiger partial charge in [0, 0.05) is 36.3 Å². The molecule has 0 aliphatic rings. The van der Waals surface area contributed by atoms with Gasteiger partial charge in [-0.05, 0) is 48.4 Å². The number of rotatable bonds is 11. The van der Waals surface area contributed by atoms with E-state index in [1.54, 1.807) is 12.1 Å². The number of anilines is 1. The zero-order valence-corrected chi connectivity index (χ0v) is 20.3. The van der Waals surface area contributed by atoms with Crippen molar-refractivity contribution >= 4 is 26.6 Å². The van der Waals surface area contributed by atoms with Crippen LogP contribution in [0.25, 0.3) is 10.9 Å². The maximum atomic E-state index is 13.4. The molecule has 0 saturated carbocycles. The van der Waals surface area contributed by atoms with E-state index in [1.807, 2.05) is 25.1 Å². The van der Waals surface area contributed by atoms with Gasteiger partial charge in [0.25, 0.3) is 10.0 Å². The van der Waals surface area contributed by atoms with Crippen molar-refractivity contribution in [2.75, 3.05) is 24.4 Å². The van der Waals surface area contributed by atoms with Crippen LogP contribution in [-0.4, -0.2) is 43.4 Å². The van der Waals surface area contributed by atoms with E-state index in [0.717, 1.165) is 35.2 Å². The molecular formula is C25H26F2N4O4S. The van der Waals surface area contributed by atoms with Crippen molar-refractivity contribution in [3.63, 3.8) is 0 Å². The number of nitrogens with one attached hydrogen (secondary N) is 3. The van der Waals surface area contributed by atoms with Crippen molar-refractivity contribution in [2.24, 2.45) is 0 Å². The fraction of sp³-hybridized carbons (Fsp3) is 0.240. The summed E-state index contributed by atoms with van der Waals surface area (Å²) in [6.07, 6.45) is -0.0799. The fourth-order valence-electron chi connectivity index (χ4n) is 3.72. The van der Waals surface area contributed by atoms with Crippen molar-refractivity contribution in [3.8, 4) is 5.75 Å². The molecular weight excluding hydrogens is 490 g/mol. The zero-order valence-electron chi connectivity index (χ0n) is 19.5. The normalized spacial score (nSPS) is 12.6. The standard InChI is InChI=1S/C25H26F2N4O4S/c1-2-23-22-7-6-20(14-24(22)30-29-23)35-9-8-28-15-25(32)16-4-3-5-19(10-16)31-36(33,34)21-12-17(26)11-18(27)13-21/h3-7,10-14,25,28,31-32H,2,8-9,15H2,1H3,(H,29,30)/t25-/m0/s1. The van der Waals surface area contributed by atoms with E-state index < -0.39 is 32.7 Å². The highest BCUT2D eigenvalue weighted by Gasteiger charge is 2.17. The van der Waals surface area contributed by atoms with E-state index >= 15 is 0 Å². The van der Waals surface area contributed by atoms with Gasteiger partial charge in [-0.25, -0.2) is 17.2 Å². The molecule has 36 heavy (non-hydrogen) atoms. The molecule has 0 aliphatic carbocycles. The minimum atomic E-state index is -4.22. The predicted molar refractivity (Wildman–Crippen MR) is 132 cm³/mol. The van der Waals surface area contributed by atoms with Crippen LogP contribution < -0.4 is 14.8 Å². The van der Waals surface area contributed by atoms with Gasteiger partial charge in [0.05, 0.1) is 22.2 Å². The lowest BCUT2D eigenvalue weighted by Gasteiger charge is -2.15. The molecule has 1 aromatic heterocycles. The molecule has 0 unspecified atom stereocenters. The Morgan fingerprint density at radius 1 is 1.08 bits per heavy atom. The van der Waals surface area contributed by atoms with E-state index in [2.05, 4.69) is 20.2 Å². The molecule has 11 heteroatoms. The number of hydrogen-bond acceptors (Lipinski definition) is 6. The highest BCUT2D eigenvalue weighted by atomic mass is 32.2. The van der Waals surface area contributed by atoms with Gasteiger partial charge >= 0.3 is 0 Å². The van der Waals surface area contributed by atoms with Crippen LogP contribution in [0.15, 0.2) is 65.6 Å². The molecule has 0 aliphatic heterocycles.